The average molecular weight is 283 g/mol. The number of nitrogens with two attached hydrogens (primary N) is 1. The van der Waals surface area contributed by atoms with Crippen LogP contribution in [-0.2, 0) is 10.5 Å². The first kappa shape index (κ1) is 14.4. The number of hydrogen-bond acceptors (Lipinski definition) is 5. The fourth-order valence-corrected chi connectivity index (χ4v) is 3.06. The normalized spacial score (nSPS) is 16.4. The number of thioether (sulfide) groups is 1. The van der Waals surface area contributed by atoms with Gasteiger partial charge in [0.2, 0.25) is 5.91 Å². The minimum absolute atomic E-state index is 0.0686. The van der Waals surface area contributed by atoms with E-state index in [0.717, 1.165) is 22.8 Å². The van der Waals surface area contributed by atoms with Crippen molar-refractivity contribution in [3.05, 3.63) is 17.0 Å². The molecule has 2 rings (SSSR count). The van der Waals surface area contributed by atoms with Gasteiger partial charge in [0.05, 0.1) is 11.4 Å². The Morgan fingerprint density at radius 1 is 1.58 bits per heavy atom. The third-order valence-electron chi connectivity index (χ3n) is 3.45. The molecule has 0 radical (unpaired) electrons. The molecule has 1 aromatic rings. The van der Waals surface area contributed by atoms with Crippen molar-refractivity contribution < 1.29 is 9.32 Å². The van der Waals surface area contributed by atoms with Crippen molar-refractivity contribution in [2.24, 2.45) is 11.7 Å². The Labute approximate surface area is 117 Å². The van der Waals surface area contributed by atoms with Crippen molar-refractivity contribution >= 4 is 17.7 Å². The second-order valence-electron chi connectivity index (χ2n) is 5.04. The number of carbonyl (C=O) groups is 1. The predicted molar refractivity (Wildman–Crippen MR) is 75.8 cm³/mol. The van der Waals surface area contributed by atoms with E-state index in [1.54, 1.807) is 11.8 Å². The standard InChI is InChI=1S/C13H21N3O2S/c1-8-11(9(2)18-16-8)6-19-7-13(17)15-12(5-14)10-3-4-10/h10,12H,3-7,14H2,1-2H3,(H,15,17). The molecule has 106 valence electrons. The molecule has 3 N–H and O–H groups in total. The summed E-state index contributed by atoms with van der Waals surface area (Å²) >= 11 is 1.58. The Kier molecular flexibility index (Phi) is 4.87. The van der Waals surface area contributed by atoms with E-state index in [-0.39, 0.29) is 11.9 Å². The summed E-state index contributed by atoms with van der Waals surface area (Å²) < 4.78 is 5.09. The molecule has 1 aliphatic rings. The van der Waals surface area contributed by atoms with Crippen LogP contribution in [0.4, 0.5) is 0 Å². The molecule has 1 heterocycles. The van der Waals surface area contributed by atoms with Crippen molar-refractivity contribution in [1.82, 2.24) is 10.5 Å². The Hall–Kier alpha value is -1.01. The zero-order valence-electron chi connectivity index (χ0n) is 11.4. The fraction of sp³-hybridized carbons (Fsp3) is 0.692. The van der Waals surface area contributed by atoms with Gasteiger partial charge in [0.25, 0.3) is 0 Å². The minimum Gasteiger partial charge on any atom is -0.361 e. The van der Waals surface area contributed by atoms with Crippen molar-refractivity contribution in [3.63, 3.8) is 0 Å². The molecule has 0 aliphatic heterocycles. The van der Waals surface area contributed by atoms with Crippen LogP contribution >= 0.6 is 11.8 Å². The van der Waals surface area contributed by atoms with Crippen LogP contribution in [-0.4, -0.2) is 29.4 Å². The van der Waals surface area contributed by atoms with Crippen LogP contribution in [0.5, 0.6) is 0 Å². The molecule has 1 saturated carbocycles. The summed E-state index contributed by atoms with van der Waals surface area (Å²) in [4.78, 5) is 11.8. The van der Waals surface area contributed by atoms with Crippen LogP contribution in [0.3, 0.4) is 0 Å². The average Bonchev–Trinajstić information content (AvgIpc) is 3.17. The van der Waals surface area contributed by atoms with Gasteiger partial charge in [0.15, 0.2) is 0 Å². The third-order valence-corrected chi connectivity index (χ3v) is 4.41. The molecular weight excluding hydrogens is 262 g/mol. The maximum absolute atomic E-state index is 11.8. The minimum atomic E-state index is 0.0686. The molecule has 1 amide bonds. The van der Waals surface area contributed by atoms with Gasteiger partial charge in [-0.15, -0.1) is 11.8 Å². The highest BCUT2D eigenvalue weighted by Gasteiger charge is 2.31. The summed E-state index contributed by atoms with van der Waals surface area (Å²) in [5.74, 6) is 2.71. The summed E-state index contributed by atoms with van der Waals surface area (Å²) in [5.41, 5.74) is 7.66. The monoisotopic (exact) mass is 283 g/mol. The van der Waals surface area contributed by atoms with Crippen LogP contribution in [0.1, 0.15) is 29.9 Å². The highest BCUT2D eigenvalue weighted by Crippen LogP contribution is 2.32. The van der Waals surface area contributed by atoms with Crippen LogP contribution in [0.2, 0.25) is 0 Å². The van der Waals surface area contributed by atoms with Crippen molar-refractivity contribution in [2.75, 3.05) is 12.3 Å². The molecule has 0 saturated heterocycles. The van der Waals surface area contributed by atoms with Gasteiger partial charge in [-0.3, -0.25) is 4.79 Å². The molecule has 5 nitrogen and oxygen atoms in total. The highest BCUT2D eigenvalue weighted by atomic mass is 32.2. The summed E-state index contributed by atoms with van der Waals surface area (Å²) in [6, 6.07) is 0.159. The molecule has 1 unspecified atom stereocenters. The molecule has 6 heteroatoms. The zero-order chi connectivity index (χ0) is 13.8. The molecule has 19 heavy (non-hydrogen) atoms. The molecule has 1 aliphatic carbocycles. The number of nitrogens with one attached hydrogen (secondary N) is 1. The van der Waals surface area contributed by atoms with Gasteiger partial charge in [-0.1, -0.05) is 5.16 Å². The van der Waals surface area contributed by atoms with E-state index in [4.69, 9.17) is 10.3 Å². The summed E-state index contributed by atoms with van der Waals surface area (Å²) in [6.07, 6.45) is 2.38. The van der Waals surface area contributed by atoms with E-state index in [2.05, 4.69) is 10.5 Å². The van der Waals surface area contributed by atoms with E-state index in [1.807, 2.05) is 13.8 Å². The van der Waals surface area contributed by atoms with E-state index in [0.29, 0.717) is 18.2 Å². The highest BCUT2D eigenvalue weighted by molar-refractivity contribution is 7.99. The van der Waals surface area contributed by atoms with Crippen molar-refractivity contribution in [2.45, 2.75) is 38.5 Å². The first-order chi connectivity index (χ1) is 9.11. The lowest BCUT2D eigenvalue weighted by Gasteiger charge is -2.15. The van der Waals surface area contributed by atoms with Crippen molar-refractivity contribution in [1.29, 1.82) is 0 Å². The Balaban J connectivity index is 1.71. The number of aromatic nitrogens is 1. The van der Waals surface area contributed by atoms with Crippen LogP contribution in [0, 0.1) is 19.8 Å². The Bertz CT molecular complexity index is 424. The first-order valence-electron chi connectivity index (χ1n) is 6.60. The number of nitrogens with zero attached hydrogens (tertiary/aromatic N) is 1. The molecule has 1 aromatic heterocycles. The van der Waals surface area contributed by atoms with Crippen LogP contribution in [0.15, 0.2) is 4.52 Å². The fourth-order valence-electron chi connectivity index (χ4n) is 2.07. The molecule has 1 atom stereocenters. The maximum atomic E-state index is 11.8. The number of aryl methyl sites for hydroxylation is 2. The SMILES string of the molecule is Cc1noc(C)c1CSCC(=O)NC(CN)C1CC1. The summed E-state index contributed by atoms with van der Waals surface area (Å²) in [6.45, 7) is 4.35. The second-order valence-corrected chi connectivity index (χ2v) is 6.03. The van der Waals surface area contributed by atoms with Gasteiger partial charge in [-0.05, 0) is 32.6 Å². The Morgan fingerprint density at radius 3 is 2.84 bits per heavy atom. The van der Waals surface area contributed by atoms with Crippen LogP contribution < -0.4 is 11.1 Å². The molecule has 1 fully saturated rings. The maximum Gasteiger partial charge on any atom is 0.230 e. The van der Waals surface area contributed by atoms with Crippen molar-refractivity contribution in [3.8, 4) is 0 Å². The van der Waals surface area contributed by atoms with E-state index < -0.39 is 0 Å². The smallest absolute Gasteiger partial charge is 0.230 e. The van der Waals surface area contributed by atoms with Gasteiger partial charge in [-0.25, -0.2) is 0 Å². The summed E-state index contributed by atoms with van der Waals surface area (Å²) in [5, 5.41) is 6.92. The molecule has 0 spiro atoms. The van der Waals surface area contributed by atoms with Gasteiger partial charge in [0.1, 0.15) is 5.76 Å². The lowest BCUT2D eigenvalue weighted by atomic mass is 10.2. The summed E-state index contributed by atoms with van der Waals surface area (Å²) in [7, 11) is 0. The number of rotatable bonds is 7. The van der Waals surface area contributed by atoms with E-state index in [9.17, 15) is 4.79 Å². The second kappa shape index (κ2) is 6.43. The molecular formula is C13H21N3O2S. The Morgan fingerprint density at radius 2 is 2.32 bits per heavy atom. The predicted octanol–water partition coefficient (Wildman–Crippen LogP) is 1.38. The molecule has 0 aromatic carbocycles. The van der Waals surface area contributed by atoms with Gasteiger partial charge in [-0.2, -0.15) is 0 Å². The van der Waals surface area contributed by atoms with Gasteiger partial charge in [0, 0.05) is 23.9 Å². The van der Waals surface area contributed by atoms with Gasteiger partial charge >= 0.3 is 0 Å². The van der Waals surface area contributed by atoms with E-state index in [1.165, 1.54) is 12.8 Å². The largest absolute Gasteiger partial charge is 0.361 e. The van der Waals surface area contributed by atoms with E-state index >= 15 is 0 Å². The first-order valence-corrected chi connectivity index (χ1v) is 7.76. The topological polar surface area (TPSA) is 81.2 Å². The number of amides is 1. The number of carbonyl (C=O) groups excluding carboxylic acids is 1. The zero-order valence-corrected chi connectivity index (χ0v) is 12.3. The van der Waals surface area contributed by atoms with Crippen LogP contribution in [0.25, 0.3) is 0 Å². The lowest BCUT2D eigenvalue weighted by molar-refractivity contribution is -0.119. The molecule has 0 bridgehead atoms. The quantitative estimate of drug-likeness (QED) is 0.790. The third kappa shape index (κ3) is 3.98. The lowest BCUT2D eigenvalue weighted by Crippen LogP contribution is -2.42. The van der Waals surface area contributed by atoms with Gasteiger partial charge < -0.3 is 15.6 Å². The number of hydrogen-bond donors (Lipinski definition) is 2.